The largest absolute Gasteiger partial charge is 0.346 e. The monoisotopic (exact) mass is 289 g/mol. The third kappa shape index (κ3) is 3.85. The smallest absolute Gasteiger partial charge is 0.246 e. The van der Waals surface area contributed by atoms with E-state index in [1.165, 1.54) is 0 Å². The minimum atomic E-state index is -0.530. The summed E-state index contributed by atoms with van der Waals surface area (Å²) in [4.78, 5) is 20.0. The van der Waals surface area contributed by atoms with Gasteiger partial charge in [-0.25, -0.2) is 0 Å². The third-order valence-electron chi connectivity index (χ3n) is 3.38. The van der Waals surface area contributed by atoms with Crippen molar-refractivity contribution in [1.82, 2.24) is 20.4 Å². The summed E-state index contributed by atoms with van der Waals surface area (Å²) in [5, 5.41) is 6.57. The first kappa shape index (κ1) is 15.1. The lowest BCUT2D eigenvalue weighted by Gasteiger charge is -2.16. The summed E-state index contributed by atoms with van der Waals surface area (Å²) in [5.41, 5.74) is 6.65. The van der Waals surface area contributed by atoms with E-state index in [9.17, 15) is 4.79 Å². The molecule has 0 aromatic carbocycles. The van der Waals surface area contributed by atoms with Crippen molar-refractivity contribution in [3.05, 3.63) is 30.4 Å². The summed E-state index contributed by atoms with van der Waals surface area (Å²) >= 11 is 0. The number of carbonyl (C=O) groups excluding carboxylic acids is 1. The number of amides is 1. The van der Waals surface area contributed by atoms with Crippen LogP contribution in [0.15, 0.2) is 29.0 Å². The number of hydrogen-bond acceptors (Lipinski definition) is 6. The van der Waals surface area contributed by atoms with E-state index in [4.69, 9.17) is 10.3 Å². The molecule has 2 atom stereocenters. The van der Waals surface area contributed by atoms with E-state index in [-0.39, 0.29) is 18.4 Å². The van der Waals surface area contributed by atoms with Crippen LogP contribution in [-0.4, -0.2) is 27.1 Å². The van der Waals surface area contributed by atoms with E-state index in [0.29, 0.717) is 11.7 Å². The number of nitrogens with two attached hydrogens (primary N) is 1. The molecule has 1 amide bonds. The molecule has 2 aromatic heterocycles. The van der Waals surface area contributed by atoms with Gasteiger partial charge >= 0.3 is 0 Å². The molecule has 3 N–H and O–H groups in total. The van der Waals surface area contributed by atoms with Crippen molar-refractivity contribution in [2.75, 3.05) is 0 Å². The first-order chi connectivity index (χ1) is 10.1. The van der Waals surface area contributed by atoms with Gasteiger partial charge in [-0.05, 0) is 18.1 Å². The minimum absolute atomic E-state index is 0.125. The Bertz CT molecular complexity index is 584. The van der Waals surface area contributed by atoms with E-state index in [2.05, 4.69) is 20.4 Å². The molecule has 0 bridgehead atoms. The molecular weight excluding hydrogens is 270 g/mol. The van der Waals surface area contributed by atoms with Gasteiger partial charge in [-0.2, -0.15) is 4.98 Å². The quantitative estimate of drug-likeness (QED) is 0.825. The van der Waals surface area contributed by atoms with E-state index in [1.54, 1.807) is 24.5 Å². The van der Waals surface area contributed by atoms with Gasteiger partial charge in [0.15, 0.2) is 0 Å². The van der Waals surface area contributed by atoms with Crippen molar-refractivity contribution in [3.8, 4) is 11.4 Å². The second-order valence-corrected chi connectivity index (χ2v) is 4.88. The molecule has 0 aliphatic carbocycles. The summed E-state index contributed by atoms with van der Waals surface area (Å²) in [6.07, 6.45) is 4.15. The van der Waals surface area contributed by atoms with Crippen molar-refractivity contribution in [1.29, 1.82) is 0 Å². The molecule has 0 saturated carbocycles. The fraction of sp³-hybridized carbons (Fsp3) is 0.429. The highest BCUT2D eigenvalue weighted by Crippen LogP contribution is 2.13. The Morgan fingerprint density at radius 3 is 2.81 bits per heavy atom. The molecule has 2 aromatic rings. The van der Waals surface area contributed by atoms with Gasteiger partial charge in [-0.15, -0.1) is 0 Å². The molecule has 21 heavy (non-hydrogen) atoms. The Morgan fingerprint density at radius 2 is 2.14 bits per heavy atom. The molecule has 0 spiro atoms. The second-order valence-electron chi connectivity index (χ2n) is 4.88. The maximum Gasteiger partial charge on any atom is 0.246 e. The number of rotatable bonds is 6. The highest BCUT2D eigenvalue weighted by atomic mass is 16.5. The van der Waals surface area contributed by atoms with E-state index >= 15 is 0 Å². The molecule has 112 valence electrons. The predicted octanol–water partition coefficient (Wildman–Crippen LogP) is 1.12. The van der Waals surface area contributed by atoms with Crippen molar-refractivity contribution >= 4 is 5.91 Å². The summed E-state index contributed by atoms with van der Waals surface area (Å²) in [5.74, 6) is 0.715. The Balaban J connectivity index is 1.93. The summed E-state index contributed by atoms with van der Waals surface area (Å²) < 4.78 is 5.10. The van der Waals surface area contributed by atoms with Crippen molar-refractivity contribution in [2.45, 2.75) is 32.9 Å². The maximum absolute atomic E-state index is 11.9. The van der Waals surface area contributed by atoms with Crippen LogP contribution in [-0.2, 0) is 11.3 Å². The topological polar surface area (TPSA) is 107 Å². The summed E-state index contributed by atoms with van der Waals surface area (Å²) in [6.45, 7) is 4.11. The maximum atomic E-state index is 11.9. The summed E-state index contributed by atoms with van der Waals surface area (Å²) in [6, 6.07) is 3.04. The Labute approximate surface area is 122 Å². The lowest BCUT2D eigenvalue weighted by atomic mass is 9.99. The normalized spacial score (nSPS) is 13.7. The van der Waals surface area contributed by atoms with Gasteiger partial charge < -0.3 is 15.6 Å². The number of hydrogen-bond donors (Lipinski definition) is 2. The fourth-order valence-electron chi connectivity index (χ4n) is 1.74. The van der Waals surface area contributed by atoms with E-state index < -0.39 is 6.04 Å². The highest BCUT2D eigenvalue weighted by Gasteiger charge is 2.19. The van der Waals surface area contributed by atoms with Gasteiger partial charge in [0.1, 0.15) is 0 Å². The van der Waals surface area contributed by atoms with Crippen LogP contribution in [0.1, 0.15) is 26.2 Å². The Hall–Kier alpha value is -2.28. The average molecular weight is 289 g/mol. The van der Waals surface area contributed by atoms with Crippen LogP contribution in [0.4, 0.5) is 0 Å². The van der Waals surface area contributed by atoms with Gasteiger partial charge in [0, 0.05) is 18.0 Å². The molecule has 0 saturated heterocycles. The van der Waals surface area contributed by atoms with Crippen LogP contribution >= 0.6 is 0 Å². The molecule has 2 rings (SSSR count). The molecule has 2 heterocycles. The number of pyridine rings is 1. The van der Waals surface area contributed by atoms with Crippen LogP contribution in [0.3, 0.4) is 0 Å². The molecule has 2 unspecified atom stereocenters. The SMILES string of the molecule is CCC(C)C(N)C(=O)NCc1nc(-c2ccncc2)no1. The molecule has 0 aliphatic rings. The van der Waals surface area contributed by atoms with Crippen LogP contribution in [0, 0.1) is 5.92 Å². The van der Waals surface area contributed by atoms with Crippen molar-refractivity contribution in [3.63, 3.8) is 0 Å². The average Bonchev–Trinajstić information content (AvgIpc) is 3.01. The predicted molar refractivity (Wildman–Crippen MR) is 76.8 cm³/mol. The lowest BCUT2D eigenvalue weighted by molar-refractivity contribution is -0.123. The zero-order valence-corrected chi connectivity index (χ0v) is 12.1. The second kappa shape index (κ2) is 6.94. The molecule has 0 aliphatic heterocycles. The van der Waals surface area contributed by atoms with E-state index in [0.717, 1.165) is 12.0 Å². The Morgan fingerprint density at radius 1 is 1.43 bits per heavy atom. The third-order valence-corrected chi connectivity index (χ3v) is 3.38. The molecule has 0 radical (unpaired) electrons. The zero-order valence-electron chi connectivity index (χ0n) is 12.1. The standard InChI is InChI=1S/C14H19N5O2/c1-3-9(2)12(15)14(20)17-8-11-18-13(19-21-11)10-4-6-16-7-5-10/h4-7,9,12H,3,8,15H2,1-2H3,(H,17,20). The van der Waals surface area contributed by atoms with Crippen molar-refractivity contribution in [2.24, 2.45) is 11.7 Å². The molecule has 7 nitrogen and oxygen atoms in total. The fourth-order valence-corrected chi connectivity index (χ4v) is 1.74. The van der Waals surface area contributed by atoms with Gasteiger partial charge in [-0.3, -0.25) is 9.78 Å². The highest BCUT2D eigenvalue weighted by molar-refractivity contribution is 5.81. The van der Waals surface area contributed by atoms with Gasteiger partial charge in [-0.1, -0.05) is 25.4 Å². The number of nitrogens with zero attached hydrogens (tertiary/aromatic N) is 3. The van der Waals surface area contributed by atoms with Crippen LogP contribution in [0.25, 0.3) is 11.4 Å². The number of carbonyl (C=O) groups is 1. The van der Waals surface area contributed by atoms with Crippen LogP contribution in [0.5, 0.6) is 0 Å². The lowest BCUT2D eigenvalue weighted by Crippen LogP contribution is -2.44. The summed E-state index contributed by atoms with van der Waals surface area (Å²) in [7, 11) is 0. The molecule has 0 fully saturated rings. The van der Waals surface area contributed by atoms with Gasteiger partial charge in [0.25, 0.3) is 0 Å². The number of aromatic nitrogens is 3. The number of nitrogens with one attached hydrogen (secondary N) is 1. The van der Waals surface area contributed by atoms with Crippen LogP contribution < -0.4 is 11.1 Å². The first-order valence-corrected chi connectivity index (χ1v) is 6.88. The van der Waals surface area contributed by atoms with Crippen LogP contribution in [0.2, 0.25) is 0 Å². The van der Waals surface area contributed by atoms with Gasteiger partial charge in [0.2, 0.25) is 17.6 Å². The minimum Gasteiger partial charge on any atom is -0.346 e. The van der Waals surface area contributed by atoms with Gasteiger partial charge in [0.05, 0.1) is 12.6 Å². The Kier molecular flexibility index (Phi) is 4.99. The van der Waals surface area contributed by atoms with E-state index in [1.807, 2.05) is 13.8 Å². The molecular formula is C14H19N5O2. The zero-order chi connectivity index (χ0) is 15.2. The molecule has 7 heteroatoms. The van der Waals surface area contributed by atoms with Crippen molar-refractivity contribution < 1.29 is 9.32 Å². The first-order valence-electron chi connectivity index (χ1n) is 6.88.